The van der Waals surface area contributed by atoms with Crippen LogP contribution in [0, 0.1) is 12.8 Å². The minimum atomic E-state index is -0.0485. The fourth-order valence-electron chi connectivity index (χ4n) is 1.55. The maximum absolute atomic E-state index is 11.8. The monoisotopic (exact) mass is 236 g/mol. The summed E-state index contributed by atoms with van der Waals surface area (Å²) in [5.74, 6) is 0.176. The molecule has 1 amide bonds. The predicted molar refractivity (Wildman–Crippen MR) is 68.9 cm³/mol. The summed E-state index contributed by atoms with van der Waals surface area (Å²) in [5, 5.41) is 12.2. The van der Waals surface area contributed by atoms with E-state index in [0.29, 0.717) is 12.2 Å². The highest BCUT2D eigenvalue weighted by atomic mass is 16.3. The van der Waals surface area contributed by atoms with Gasteiger partial charge in [-0.1, -0.05) is 6.92 Å². The lowest BCUT2D eigenvalue weighted by Crippen LogP contribution is -2.21. The number of amides is 1. The number of carbonyl (C=O) groups is 1. The van der Waals surface area contributed by atoms with Crippen LogP contribution in [0.25, 0.3) is 0 Å². The maximum atomic E-state index is 11.8. The van der Waals surface area contributed by atoms with E-state index in [1.165, 1.54) is 0 Å². The van der Waals surface area contributed by atoms with Gasteiger partial charge < -0.3 is 16.2 Å². The second kappa shape index (κ2) is 6.25. The third-order valence-corrected chi connectivity index (χ3v) is 2.75. The quantitative estimate of drug-likeness (QED) is 0.684. The van der Waals surface area contributed by atoms with Crippen molar-refractivity contribution in [1.82, 2.24) is 0 Å². The Morgan fingerprint density at radius 2 is 2.24 bits per heavy atom. The molecule has 4 heteroatoms. The molecular formula is C13H20N2O2. The molecule has 1 atom stereocenters. The number of phenolic OH excluding ortho intramolecular Hbond substituents is 1. The molecule has 0 fully saturated rings. The van der Waals surface area contributed by atoms with Crippen LogP contribution in [-0.4, -0.2) is 17.6 Å². The first-order chi connectivity index (χ1) is 8.04. The standard InChI is InChI=1S/C13H20N2O2/c1-9(4-3-7-14)13(17)15-11-5-6-12(16)10(2)8-11/h5-6,8-9,16H,3-4,7,14H2,1-2H3,(H,15,17). The van der Waals surface area contributed by atoms with Crippen LogP contribution in [0.4, 0.5) is 5.69 Å². The van der Waals surface area contributed by atoms with E-state index in [-0.39, 0.29) is 17.6 Å². The minimum absolute atomic E-state index is 0.0106. The van der Waals surface area contributed by atoms with E-state index in [4.69, 9.17) is 5.73 Å². The highest BCUT2D eigenvalue weighted by Crippen LogP contribution is 2.20. The first-order valence-corrected chi connectivity index (χ1v) is 5.85. The summed E-state index contributed by atoms with van der Waals surface area (Å²) < 4.78 is 0. The van der Waals surface area contributed by atoms with Crippen molar-refractivity contribution in [2.75, 3.05) is 11.9 Å². The number of nitrogens with two attached hydrogens (primary N) is 1. The second-order valence-corrected chi connectivity index (χ2v) is 4.32. The van der Waals surface area contributed by atoms with Crippen molar-refractivity contribution in [3.63, 3.8) is 0 Å². The molecular weight excluding hydrogens is 216 g/mol. The van der Waals surface area contributed by atoms with Gasteiger partial charge in [0, 0.05) is 11.6 Å². The van der Waals surface area contributed by atoms with Crippen LogP contribution < -0.4 is 11.1 Å². The van der Waals surface area contributed by atoms with Gasteiger partial charge in [0.05, 0.1) is 0 Å². The van der Waals surface area contributed by atoms with Gasteiger partial charge in [0.15, 0.2) is 0 Å². The smallest absolute Gasteiger partial charge is 0.227 e. The van der Waals surface area contributed by atoms with Crippen LogP contribution in [0.1, 0.15) is 25.3 Å². The number of aromatic hydroxyl groups is 1. The number of aryl methyl sites for hydroxylation is 1. The third kappa shape index (κ3) is 4.07. The minimum Gasteiger partial charge on any atom is -0.508 e. The van der Waals surface area contributed by atoms with E-state index in [0.717, 1.165) is 18.4 Å². The summed E-state index contributed by atoms with van der Waals surface area (Å²) >= 11 is 0. The number of hydrogen-bond acceptors (Lipinski definition) is 3. The molecule has 0 aliphatic heterocycles. The largest absolute Gasteiger partial charge is 0.508 e. The number of anilines is 1. The molecule has 4 N–H and O–H groups in total. The Hall–Kier alpha value is -1.55. The first kappa shape index (κ1) is 13.5. The Morgan fingerprint density at radius 1 is 1.53 bits per heavy atom. The zero-order chi connectivity index (χ0) is 12.8. The molecule has 0 aliphatic rings. The highest BCUT2D eigenvalue weighted by molar-refractivity contribution is 5.92. The van der Waals surface area contributed by atoms with Crippen molar-refractivity contribution >= 4 is 11.6 Å². The Balaban J connectivity index is 2.58. The van der Waals surface area contributed by atoms with Crippen molar-refractivity contribution in [2.45, 2.75) is 26.7 Å². The molecule has 1 aromatic rings. The number of carbonyl (C=O) groups excluding carboxylic acids is 1. The molecule has 0 radical (unpaired) electrons. The molecule has 0 aliphatic carbocycles. The van der Waals surface area contributed by atoms with E-state index in [1.54, 1.807) is 25.1 Å². The van der Waals surface area contributed by atoms with Crippen molar-refractivity contribution in [3.8, 4) is 5.75 Å². The molecule has 0 spiro atoms. The van der Waals surface area contributed by atoms with Gasteiger partial charge in [0.2, 0.25) is 5.91 Å². The van der Waals surface area contributed by atoms with Gasteiger partial charge in [0.1, 0.15) is 5.75 Å². The molecule has 0 aromatic heterocycles. The SMILES string of the molecule is Cc1cc(NC(=O)C(C)CCCN)ccc1O. The molecule has 0 bridgehead atoms. The van der Waals surface area contributed by atoms with E-state index >= 15 is 0 Å². The molecule has 1 rings (SSSR count). The lowest BCUT2D eigenvalue weighted by molar-refractivity contribution is -0.119. The zero-order valence-electron chi connectivity index (χ0n) is 10.4. The zero-order valence-corrected chi connectivity index (χ0v) is 10.4. The summed E-state index contributed by atoms with van der Waals surface area (Å²) in [6.45, 7) is 4.29. The number of hydrogen-bond donors (Lipinski definition) is 3. The van der Waals surface area contributed by atoms with Gasteiger partial charge >= 0.3 is 0 Å². The first-order valence-electron chi connectivity index (χ1n) is 5.85. The van der Waals surface area contributed by atoms with Gasteiger partial charge in [-0.05, 0) is 50.1 Å². The Kier molecular flexibility index (Phi) is 4.97. The Morgan fingerprint density at radius 3 is 2.82 bits per heavy atom. The fourth-order valence-corrected chi connectivity index (χ4v) is 1.55. The van der Waals surface area contributed by atoms with E-state index < -0.39 is 0 Å². The van der Waals surface area contributed by atoms with E-state index in [1.807, 2.05) is 6.92 Å². The third-order valence-electron chi connectivity index (χ3n) is 2.75. The molecule has 17 heavy (non-hydrogen) atoms. The summed E-state index contributed by atoms with van der Waals surface area (Å²) in [6, 6.07) is 5.02. The van der Waals surface area contributed by atoms with Crippen LogP contribution in [0.3, 0.4) is 0 Å². The molecule has 0 saturated carbocycles. The maximum Gasteiger partial charge on any atom is 0.227 e. The summed E-state index contributed by atoms with van der Waals surface area (Å²) in [4.78, 5) is 11.8. The molecule has 1 unspecified atom stereocenters. The van der Waals surface area contributed by atoms with Crippen molar-refractivity contribution in [2.24, 2.45) is 11.7 Å². The van der Waals surface area contributed by atoms with Crippen molar-refractivity contribution in [1.29, 1.82) is 0 Å². The van der Waals surface area contributed by atoms with Crippen molar-refractivity contribution in [3.05, 3.63) is 23.8 Å². The van der Waals surface area contributed by atoms with E-state index in [2.05, 4.69) is 5.32 Å². The predicted octanol–water partition coefficient (Wildman–Crippen LogP) is 2.01. The van der Waals surface area contributed by atoms with Gasteiger partial charge in [-0.25, -0.2) is 0 Å². The van der Waals surface area contributed by atoms with Crippen molar-refractivity contribution < 1.29 is 9.90 Å². The number of nitrogens with one attached hydrogen (secondary N) is 1. The van der Waals surface area contributed by atoms with Crippen LogP contribution >= 0.6 is 0 Å². The Labute approximate surface area is 102 Å². The van der Waals surface area contributed by atoms with Crippen LogP contribution in [0.5, 0.6) is 5.75 Å². The van der Waals surface area contributed by atoms with Gasteiger partial charge in [-0.3, -0.25) is 4.79 Å². The van der Waals surface area contributed by atoms with Gasteiger partial charge in [-0.2, -0.15) is 0 Å². The second-order valence-electron chi connectivity index (χ2n) is 4.32. The summed E-state index contributed by atoms with van der Waals surface area (Å²) in [6.07, 6.45) is 1.64. The summed E-state index contributed by atoms with van der Waals surface area (Å²) in [5.41, 5.74) is 6.87. The number of phenols is 1. The van der Waals surface area contributed by atoms with Crippen LogP contribution in [0.15, 0.2) is 18.2 Å². The summed E-state index contributed by atoms with van der Waals surface area (Å²) in [7, 11) is 0. The normalized spacial score (nSPS) is 12.2. The molecule has 1 aromatic carbocycles. The average molecular weight is 236 g/mol. The number of benzene rings is 1. The highest BCUT2D eigenvalue weighted by Gasteiger charge is 2.12. The Bertz CT molecular complexity index is 391. The van der Waals surface area contributed by atoms with E-state index in [9.17, 15) is 9.90 Å². The van der Waals surface area contributed by atoms with Gasteiger partial charge in [0.25, 0.3) is 0 Å². The topological polar surface area (TPSA) is 75.4 Å². The average Bonchev–Trinajstić information content (AvgIpc) is 2.30. The van der Waals surface area contributed by atoms with Gasteiger partial charge in [-0.15, -0.1) is 0 Å². The molecule has 0 heterocycles. The lowest BCUT2D eigenvalue weighted by atomic mass is 10.0. The van der Waals surface area contributed by atoms with Crippen LogP contribution in [-0.2, 0) is 4.79 Å². The molecule has 4 nitrogen and oxygen atoms in total. The molecule has 0 saturated heterocycles. The fraction of sp³-hybridized carbons (Fsp3) is 0.462. The van der Waals surface area contributed by atoms with Crippen LogP contribution in [0.2, 0.25) is 0 Å². The molecule has 94 valence electrons. The number of rotatable bonds is 5. The lowest BCUT2D eigenvalue weighted by Gasteiger charge is -2.12.